The molecule has 2 atom stereocenters. The zero-order valence-electron chi connectivity index (χ0n) is 11.7. The summed E-state index contributed by atoms with van der Waals surface area (Å²) in [5.74, 6) is 0.629. The van der Waals surface area contributed by atoms with E-state index in [-0.39, 0.29) is 6.29 Å². The van der Waals surface area contributed by atoms with Crippen LogP contribution in [0.25, 0.3) is 0 Å². The predicted octanol–water partition coefficient (Wildman–Crippen LogP) is 3.48. The van der Waals surface area contributed by atoms with E-state index in [4.69, 9.17) is 9.47 Å². The summed E-state index contributed by atoms with van der Waals surface area (Å²) in [4.78, 5) is 10.4. The molecule has 1 rings (SSSR count). The van der Waals surface area contributed by atoms with Gasteiger partial charge in [-0.05, 0) is 56.9 Å². The van der Waals surface area contributed by atoms with Gasteiger partial charge in [-0.3, -0.25) is 4.79 Å². The van der Waals surface area contributed by atoms with Gasteiger partial charge in [0.05, 0.1) is 0 Å². The van der Waals surface area contributed by atoms with Crippen molar-refractivity contribution in [1.82, 2.24) is 0 Å². The van der Waals surface area contributed by atoms with Crippen molar-refractivity contribution in [3.8, 4) is 0 Å². The molecule has 0 bridgehead atoms. The largest absolute Gasteiger partial charge is 0.353 e. The number of hydrogen-bond acceptors (Lipinski definition) is 3. The molecule has 3 heteroatoms. The maximum absolute atomic E-state index is 10.4. The summed E-state index contributed by atoms with van der Waals surface area (Å²) in [6.45, 7) is 5.70. The van der Waals surface area contributed by atoms with Crippen molar-refractivity contribution in [2.24, 2.45) is 5.92 Å². The predicted molar refractivity (Wildman–Crippen MR) is 72.4 cm³/mol. The summed E-state index contributed by atoms with van der Waals surface area (Å²) >= 11 is 0. The summed E-state index contributed by atoms with van der Waals surface area (Å²) in [5, 5.41) is 0. The van der Waals surface area contributed by atoms with Crippen LogP contribution in [0.15, 0.2) is 11.6 Å². The Kier molecular flexibility index (Phi) is 7.94. The fraction of sp³-hybridized carbons (Fsp3) is 0.800. The lowest BCUT2D eigenvalue weighted by atomic mass is 10.0. The van der Waals surface area contributed by atoms with Crippen LogP contribution < -0.4 is 0 Å². The lowest BCUT2D eigenvalue weighted by molar-refractivity contribution is -0.163. The normalized spacial score (nSPS) is 22.8. The van der Waals surface area contributed by atoms with E-state index in [1.807, 2.05) is 13.0 Å². The number of carbonyl (C=O) groups excluding carboxylic acids is 1. The minimum absolute atomic E-state index is 0.0307. The van der Waals surface area contributed by atoms with E-state index in [0.29, 0.717) is 5.92 Å². The second kappa shape index (κ2) is 9.29. The Morgan fingerprint density at radius 2 is 2.28 bits per heavy atom. The van der Waals surface area contributed by atoms with Crippen LogP contribution in [0.1, 0.15) is 52.4 Å². The lowest BCUT2D eigenvalue weighted by Gasteiger charge is -2.23. The number of ether oxygens (including phenoxy) is 2. The van der Waals surface area contributed by atoms with Crippen molar-refractivity contribution in [3.63, 3.8) is 0 Å². The molecule has 0 saturated carbocycles. The highest BCUT2D eigenvalue weighted by Crippen LogP contribution is 2.16. The van der Waals surface area contributed by atoms with Crippen LogP contribution in [0.4, 0.5) is 0 Å². The Morgan fingerprint density at radius 1 is 1.44 bits per heavy atom. The van der Waals surface area contributed by atoms with Gasteiger partial charge in [-0.15, -0.1) is 0 Å². The zero-order valence-corrected chi connectivity index (χ0v) is 11.7. The minimum Gasteiger partial charge on any atom is -0.353 e. The lowest BCUT2D eigenvalue weighted by Crippen LogP contribution is -2.23. The smallest absolute Gasteiger partial charge is 0.157 e. The molecule has 0 aromatic heterocycles. The van der Waals surface area contributed by atoms with Gasteiger partial charge in [0.2, 0.25) is 0 Å². The molecule has 0 radical (unpaired) electrons. The second-order valence-electron chi connectivity index (χ2n) is 5.20. The summed E-state index contributed by atoms with van der Waals surface area (Å²) < 4.78 is 11.2. The summed E-state index contributed by atoms with van der Waals surface area (Å²) in [7, 11) is 0. The maximum Gasteiger partial charge on any atom is 0.157 e. The van der Waals surface area contributed by atoms with Crippen LogP contribution in [-0.4, -0.2) is 25.8 Å². The first kappa shape index (κ1) is 15.4. The van der Waals surface area contributed by atoms with Gasteiger partial charge in [0.25, 0.3) is 0 Å². The first-order valence-electron chi connectivity index (χ1n) is 7.07. The summed E-state index contributed by atoms with van der Waals surface area (Å²) in [6, 6.07) is 0. The molecule has 104 valence electrons. The number of allylic oxidation sites excluding steroid dienone is 2. The SMILES string of the molecule is C/C(C=O)=C\CC[C@@H](C)CCOC1CCCCO1. The van der Waals surface area contributed by atoms with Crippen LogP contribution in [0.2, 0.25) is 0 Å². The van der Waals surface area contributed by atoms with E-state index in [0.717, 1.165) is 50.8 Å². The molecule has 0 amide bonds. The van der Waals surface area contributed by atoms with Crippen molar-refractivity contribution in [2.75, 3.05) is 13.2 Å². The third-order valence-corrected chi connectivity index (χ3v) is 3.36. The van der Waals surface area contributed by atoms with E-state index in [1.54, 1.807) is 0 Å². The fourth-order valence-corrected chi connectivity index (χ4v) is 2.03. The van der Waals surface area contributed by atoms with Crippen LogP contribution in [0, 0.1) is 5.92 Å². The highest BCUT2D eigenvalue weighted by atomic mass is 16.7. The number of hydrogen-bond donors (Lipinski definition) is 0. The Labute approximate surface area is 111 Å². The van der Waals surface area contributed by atoms with E-state index in [1.165, 1.54) is 12.8 Å². The standard InChI is InChI=1S/C15H26O3/c1-13(6-5-7-14(2)12-16)9-11-18-15-8-3-4-10-17-15/h7,12-13,15H,3-6,8-11H2,1-2H3/b14-7+/t13-,15?/m1/s1. The Hall–Kier alpha value is -0.670. The molecule has 1 heterocycles. The molecule has 1 fully saturated rings. The van der Waals surface area contributed by atoms with Gasteiger partial charge in [-0.25, -0.2) is 0 Å². The molecule has 1 unspecified atom stereocenters. The molecule has 1 aliphatic rings. The van der Waals surface area contributed by atoms with Crippen molar-refractivity contribution in [2.45, 2.75) is 58.7 Å². The average Bonchev–Trinajstić information content (AvgIpc) is 2.39. The zero-order chi connectivity index (χ0) is 13.2. The van der Waals surface area contributed by atoms with Gasteiger partial charge in [0, 0.05) is 13.2 Å². The van der Waals surface area contributed by atoms with Crippen molar-refractivity contribution < 1.29 is 14.3 Å². The first-order valence-corrected chi connectivity index (χ1v) is 7.07. The number of carbonyl (C=O) groups is 1. The summed E-state index contributed by atoms with van der Waals surface area (Å²) in [5.41, 5.74) is 0.828. The minimum atomic E-state index is 0.0307. The monoisotopic (exact) mass is 254 g/mol. The molecular formula is C15H26O3. The molecular weight excluding hydrogens is 228 g/mol. The van der Waals surface area contributed by atoms with E-state index >= 15 is 0 Å². The third-order valence-electron chi connectivity index (χ3n) is 3.36. The molecule has 0 spiro atoms. The van der Waals surface area contributed by atoms with Gasteiger partial charge in [0.1, 0.15) is 6.29 Å². The number of rotatable bonds is 8. The Morgan fingerprint density at radius 3 is 2.94 bits per heavy atom. The van der Waals surface area contributed by atoms with Gasteiger partial charge in [0.15, 0.2) is 6.29 Å². The quantitative estimate of drug-likeness (QED) is 0.491. The van der Waals surface area contributed by atoms with Crippen molar-refractivity contribution in [1.29, 1.82) is 0 Å². The highest BCUT2D eigenvalue weighted by Gasteiger charge is 2.14. The molecule has 0 aliphatic carbocycles. The molecule has 0 N–H and O–H groups in total. The van der Waals surface area contributed by atoms with Crippen LogP contribution >= 0.6 is 0 Å². The molecule has 18 heavy (non-hydrogen) atoms. The number of aldehydes is 1. The Balaban J connectivity index is 2.02. The molecule has 1 aliphatic heterocycles. The second-order valence-corrected chi connectivity index (χ2v) is 5.20. The highest BCUT2D eigenvalue weighted by molar-refractivity contribution is 5.71. The van der Waals surface area contributed by atoms with Crippen molar-refractivity contribution >= 4 is 6.29 Å². The first-order chi connectivity index (χ1) is 8.72. The van der Waals surface area contributed by atoms with Gasteiger partial charge < -0.3 is 9.47 Å². The Bertz CT molecular complexity index is 254. The van der Waals surface area contributed by atoms with E-state index in [9.17, 15) is 4.79 Å². The van der Waals surface area contributed by atoms with E-state index in [2.05, 4.69) is 6.92 Å². The van der Waals surface area contributed by atoms with Gasteiger partial charge in [-0.2, -0.15) is 0 Å². The molecule has 0 aromatic rings. The molecule has 0 aromatic carbocycles. The maximum atomic E-state index is 10.4. The fourth-order valence-electron chi connectivity index (χ4n) is 2.03. The molecule has 1 saturated heterocycles. The van der Waals surface area contributed by atoms with Crippen LogP contribution in [-0.2, 0) is 14.3 Å². The third kappa shape index (κ3) is 6.92. The van der Waals surface area contributed by atoms with Crippen LogP contribution in [0.5, 0.6) is 0 Å². The van der Waals surface area contributed by atoms with Crippen molar-refractivity contribution in [3.05, 3.63) is 11.6 Å². The van der Waals surface area contributed by atoms with Crippen LogP contribution in [0.3, 0.4) is 0 Å². The van der Waals surface area contributed by atoms with Gasteiger partial charge in [-0.1, -0.05) is 13.0 Å². The van der Waals surface area contributed by atoms with E-state index < -0.39 is 0 Å². The average molecular weight is 254 g/mol. The molecule has 3 nitrogen and oxygen atoms in total. The topological polar surface area (TPSA) is 35.5 Å². The summed E-state index contributed by atoms with van der Waals surface area (Å²) in [6.07, 6.45) is 9.52. The van der Waals surface area contributed by atoms with Gasteiger partial charge >= 0.3 is 0 Å².